The highest BCUT2D eigenvalue weighted by Gasteiger charge is 2.25. The largest absolute Gasteiger partial charge is 0.454 e. The molecule has 1 aromatic carbocycles. The van der Waals surface area contributed by atoms with E-state index in [9.17, 15) is 18.0 Å². The van der Waals surface area contributed by atoms with Crippen LogP contribution in [0.1, 0.15) is 45.1 Å². The average molecular weight is 425 g/mol. The van der Waals surface area contributed by atoms with Crippen LogP contribution < -0.4 is 4.72 Å². The Bertz CT molecular complexity index is 759. The lowest BCUT2D eigenvalue weighted by Crippen LogP contribution is -2.44. The minimum atomic E-state index is -3.53. The van der Waals surface area contributed by atoms with Crippen LogP contribution in [-0.2, 0) is 30.8 Å². The topological polar surface area (TPSA) is 92.8 Å². The lowest BCUT2D eigenvalue weighted by molar-refractivity contribution is -0.153. The fourth-order valence-corrected chi connectivity index (χ4v) is 4.82. The molecule has 0 bridgehead atoms. The molecule has 0 radical (unpaired) electrons. The van der Waals surface area contributed by atoms with Crippen LogP contribution in [0.4, 0.5) is 0 Å². The fourth-order valence-electron chi connectivity index (χ4n) is 3.39. The van der Waals surface area contributed by atoms with Crippen molar-refractivity contribution >= 4 is 21.9 Å². The predicted octanol–water partition coefficient (Wildman–Crippen LogP) is 2.12. The molecule has 162 valence electrons. The number of amides is 1. The summed E-state index contributed by atoms with van der Waals surface area (Å²) in [4.78, 5) is 26.1. The van der Waals surface area contributed by atoms with Gasteiger partial charge >= 0.3 is 5.97 Å². The Balaban J connectivity index is 1.70. The fraction of sp³-hybridized carbons (Fsp3) is 0.619. The highest BCUT2D eigenvalue weighted by atomic mass is 32.2. The first kappa shape index (κ1) is 23.3. The number of benzene rings is 1. The number of rotatable bonds is 10. The van der Waals surface area contributed by atoms with E-state index in [1.54, 1.807) is 4.90 Å². The van der Waals surface area contributed by atoms with Gasteiger partial charge in [-0.2, -0.15) is 0 Å². The maximum Gasteiger partial charge on any atom is 0.324 e. The molecule has 0 unspecified atom stereocenters. The number of piperidine rings is 1. The number of sulfonamides is 1. The van der Waals surface area contributed by atoms with Crippen LogP contribution in [0, 0.1) is 5.92 Å². The lowest BCUT2D eigenvalue weighted by Gasteiger charge is -2.32. The lowest BCUT2D eigenvalue weighted by atomic mass is 9.90. The van der Waals surface area contributed by atoms with E-state index in [1.165, 1.54) is 12.5 Å². The number of likely N-dealkylation sites (tertiary alicyclic amines) is 1. The molecular formula is C21H32N2O5S. The normalized spacial score (nSPS) is 16.4. The molecule has 8 heteroatoms. The van der Waals surface area contributed by atoms with Crippen LogP contribution in [0.25, 0.3) is 0 Å². The molecule has 1 saturated heterocycles. The van der Waals surface area contributed by atoms with Crippen LogP contribution in [0.15, 0.2) is 30.3 Å². The van der Waals surface area contributed by atoms with E-state index in [2.05, 4.69) is 16.9 Å². The van der Waals surface area contributed by atoms with Crippen molar-refractivity contribution in [3.05, 3.63) is 35.9 Å². The number of carbonyl (C=O) groups is 2. The summed E-state index contributed by atoms with van der Waals surface area (Å²) in [7, 11) is -3.53. The second-order valence-corrected chi connectivity index (χ2v) is 9.51. The highest BCUT2D eigenvalue weighted by molar-refractivity contribution is 7.89. The summed E-state index contributed by atoms with van der Waals surface area (Å²) in [5, 5.41) is 0. The number of hydrogen-bond donors (Lipinski definition) is 1. The summed E-state index contributed by atoms with van der Waals surface area (Å²) >= 11 is 0. The monoisotopic (exact) mass is 424 g/mol. The van der Waals surface area contributed by atoms with Gasteiger partial charge in [0.05, 0.1) is 5.75 Å². The summed E-state index contributed by atoms with van der Waals surface area (Å²) in [6.07, 6.45) is 4.12. The first-order chi connectivity index (χ1) is 13.8. The zero-order chi connectivity index (χ0) is 21.3. The summed E-state index contributed by atoms with van der Waals surface area (Å²) in [6, 6.07) is 9.30. The van der Waals surface area contributed by atoms with Gasteiger partial charge in [-0.1, -0.05) is 43.7 Å². The van der Waals surface area contributed by atoms with Crippen molar-refractivity contribution in [1.82, 2.24) is 9.62 Å². The van der Waals surface area contributed by atoms with Crippen LogP contribution in [-0.4, -0.2) is 56.7 Å². The highest BCUT2D eigenvalue weighted by Crippen LogP contribution is 2.21. The van der Waals surface area contributed by atoms with E-state index in [1.807, 2.05) is 25.1 Å². The molecule has 29 heavy (non-hydrogen) atoms. The van der Waals surface area contributed by atoms with E-state index < -0.39 is 22.0 Å². The average Bonchev–Trinajstić information content (AvgIpc) is 2.71. The standard InChI is InChI=1S/C21H32N2O5S/c1-3-4-14-29(26,27)22-17(2)21(25)28-16-20(24)23-12-10-19(11-13-23)15-18-8-6-5-7-9-18/h5-9,17,19,22H,3-4,10-16H2,1-2H3/t17-/m0/s1. The number of nitrogens with one attached hydrogen (secondary N) is 1. The smallest absolute Gasteiger partial charge is 0.324 e. The first-order valence-electron chi connectivity index (χ1n) is 10.3. The third-order valence-corrected chi connectivity index (χ3v) is 6.69. The molecule has 1 aliphatic rings. The number of ether oxygens (including phenoxy) is 1. The first-order valence-corrected chi connectivity index (χ1v) is 11.9. The summed E-state index contributed by atoms with van der Waals surface area (Å²) in [5.41, 5.74) is 1.31. The third-order valence-electron chi connectivity index (χ3n) is 5.15. The van der Waals surface area contributed by atoms with Crippen molar-refractivity contribution < 1.29 is 22.7 Å². The van der Waals surface area contributed by atoms with Gasteiger partial charge in [-0.05, 0) is 44.1 Å². The molecular weight excluding hydrogens is 392 g/mol. The summed E-state index contributed by atoms with van der Waals surface area (Å²) < 4.78 is 31.0. The van der Waals surface area contributed by atoms with Gasteiger partial charge in [0.2, 0.25) is 10.0 Å². The van der Waals surface area contributed by atoms with E-state index in [0.29, 0.717) is 25.4 Å². The Morgan fingerprint density at radius 1 is 1.21 bits per heavy atom. The zero-order valence-electron chi connectivity index (χ0n) is 17.3. The van der Waals surface area contributed by atoms with Gasteiger partial charge in [0, 0.05) is 13.1 Å². The Kier molecular flexibility index (Phi) is 9.10. The molecule has 1 aliphatic heterocycles. The summed E-state index contributed by atoms with van der Waals surface area (Å²) in [6.45, 7) is 4.25. The van der Waals surface area contributed by atoms with Gasteiger partial charge in [0.1, 0.15) is 6.04 Å². The molecule has 1 aromatic rings. The number of carbonyl (C=O) groups excluding carboxylic acids is 2. The number of nitrogens with zero attached hydrogens (tertiary/aromatic N) is 1. The van der Waals surface area contributed by atoms with E-state index in [-0.39, 0.29) is 18.3 Å². The molecule has 1 fully saturated rings. The van der Waals surface area contributed by atoms with Crippen LogP contribution in [0.3, 0.4) is 0 Å². The zero-order valence-corrected chi connectivity index (χ0v) is 18.1. The van der Waals surface area contributed by atoms with Gasteiger partial charge in [-0.15, -0.1) is 0 Å². The van der Waals surface area contributed by atoms with Crippen molar-refractivity contribution in [1.29, 1.82) is 0 Å². The van der Waals surface area contributed by atoms with Crippen molar-refractivity contribution in [2.24, 2.45) is 5.92 Å². The Labute approximate surface area is 173 Å². The quantitative estimate of drug-likeness (QED) is 0.581. The van der Waals surface area contributed by atoms with Crippen LogP contribution >= 0.6 is 0 Å². The molecule has 1 heterocycles. The van der Waals surface area contributed by atoms with Gasteiger partial charge < -0.3 is 9.64 Å². The maximum absolute atomic E-state index is 12.3. The third kappa shape index (κ3) is 8.14. The van der Waals surface area contributed by atoms with E-state index in [0.717, 1.165) is 25.7 Å². The second kappa shape index (κ2) is 11.3. The molecule has 2 rings (SSSR count). The number of unbranched alkanes of at least 4 members (excludes halogenated alkanes) is 1. The molecule has 0 saturated carbocycles. The molecule has 0 aromatic heterocycles. The van der Waals surface area contributed by atoms with Gasteiger partial charge in [0.15, 0.2) is 6.61 Å². The van der Waals surface area contributed by atoms with Crippen LogP contribution in [0.2, 0.25) is 0 Å². The SMILES string of the molecule is CCCCS(=O)(=O)N[C@@H](C)C(=O)OCC(=O)N1CCC(Cc2ccccc2)CC1. The van der Waals surface area contributed by atoms with Crippen molar-refractivity contribution in [3.8, 4) is 0 Å². The van der Waals surface area contributed by atoms with Crippen LogP contribution in [0.5, 0.6) is 0 Å². The maximum atomic E-state index is 12.3. The Morgan fingerprint density at radius 3 is 2.48 bits per heavy atom. The van der Waals surface area contributed by atoms with Gasteiger partial charge in [0.25, 0.3) is 5.91 Å². The van der Waals surface area contributed by atoms with Gasteiger partial charge in [-0.3, -0.25) is 9.59 Å². The van der Waals surface area contributed by atoms with Crippen molar-refractivity contribution in [3.63, 3.8) is 0 Å². The van der Waals surface area contributed by atoms with E-state index >= 15 is 0 Å². The Morgan fingerprint density at radius 2 is 1.86 bits per heavy atom. The second-order valence-electron chi connectivity index (χ2n) is 7.63. The minimum Gasteiger partial charge on any atom is -0.454 e. The molecule has 1 N–H and O–H groups in total. The molecule has 1 atom stereocenters. The molecule has 1 amide bonds. The van der Waals surface area contributed by atoms with Gasteiger partial charge in [-0.25, -0.2) is 13.1 Å². The Hall–Kier alpha value is -1.93. The summed E-state index contributed by atoms with van der Waals surface area (Å²) in [5.74, 6) is -0.464. The van der Waals surface area contributed by atoms with Crippen molar-refractivity contribution in [2.45, 2.75) is 52.0 Å². The number of hydrogen-bond acceptors (Lipinski definition) is 5. The van der Waals surface area contributed by atoms with Crippen molar-refractivity contribution in [2.75, 3.05) is 25.4 Å². The van der Waals surface area contributed by atoms with E-state index in [4.69, 9.17) is 4.74 Å². The predicted molar refractivity (Wildman–Crippen MR) is 112 cm³/mol. The molecule has 0 aliphatic carbocycles. The molecule has 0 spiro atoms. The minimum absolute atomic E-state index is 0.0298. The molecule has 7 nitrogen and oxygen atoms in total. The number of esters is 1.